The van der Waals surface area contributed by atoms with Gasteiger partial charge in [-0.05, 0) is 43.5 Å². The van der Waals surface area contributed by atoms with Crippen molar-refractivity contribution in [2.45, 2.75) is 25.8 Å². The number of hydrogen-bond donors (Lipinski definition) is 3. The van der Waals surface area contributed by atoms with Gasteiger partial charge in [0.25, 0.3) is 5.69 Å². The van der Waals surface area contributed by atoms with Gasteiger partial charge in [0.1, 0.15) is 5.54 Å². The molecule has 0 aliphatic heterocycles. The van der Waals surface area contributed by atoms with Crippen LogP contribution in [0, 0.1) is 10.1 Å². The number of para-hydroxylation sites is 1. The van der Waals surface area contributed by atoms with Crippen molar-refractivity contribution in [3.05, 3.63) is 82.0 Å². The molecule has 1 heterocycles. The van der Waals surface area contributed by atoms with Crippen LogP contribution in [-0.2, 0) is 16.0 Å². The second-order valence-corrected chi connectivity index (χ2v) is 7.67. The van der Waals surface area contributed by atoms with Gasteiger partial charge in [0.15, 0.2) is 0 Å². The average molecular weight is 420 g/mol. The summed E-state index contributed by atoms with van der Waals surface area (Å²) in [6.45, 7) is 3.67. The molecular weight excluding hydrogens is 396 g/mol. The van der Waals surface area contributed by atoms with Gasteiger partial charge in [0.2, 0.25) is 11.8 Å². The number of carbonyl (C=O) groups excluding carboxylic acids is 2. The Morgan fingerprint density at radius 1 is 1.16 bits per heavy atom. The number of H-pyrrole nitrogens is 1. The van der Waals surface area contributed by atoms with Crippen LogP contribution in [0.3, 0.4) is 0 Å². The molecule has 0 aliphatic carbocycles. The lowest BCUT2D eigenvalue weighted by molar-refractivity contribution is -0.384. The summed E-state index contributed by atoms with van der Waals surface area (Å²) < 4.78 is 0. The first-order chi connectivity index (χ1) is 14.8. The number of hydrogen-bond acceptors (Lipinski definition) is 4. The molecule has 3 N–H and O–H groups in total. The van der Waals surface area contributed by atoms with E-state index in [-0.39, 0.29) is 11.6 Å². The van der Waals surface area contributed by atoms with Gasteiger partial charge in [0.05, 0.1) is 4.92 Å². The number of carbonyl (C=O) groups is 2. The van der Waals surface area contributed by atoms with Crippen molar-refractivity contribution in [1.82, 2.24) is 15.6 Å². The highest BCUT2D eigenvalue weighted by Crippen LogP contribution is 2.18. The molecule has 0 spiro atoms. The predicted octanol–water partition coefficient (Wildman–Crippen LogP) is 3.34. The van der Waals surface area contributed by atoms with Crippen molar-refractivity contribution < 1.29 is 14.5 Å². The minimum Gasteiger partial charge on any atom is -0.361 e. The molecule has 0 unspecified atom stereocenters. The van der Waals surface area contributed by atoms with Crippen molar-refractivity contribution in [3.8, 4) is 0 Å². The lowest BCUT2D eigenvalue weighted by atomic mass is 10.0. The second kappa shape index (κ2) is 9.25. The number of nitro benzene ring substituents is 1. The summed E-state index contributed by atoms with van der Waals surface area (Å²) >= 11 is 0. The Hall–Kier alpha value is -3.94. The number of aromatic amines is 1. The number of nitrogens with zero attached hydrogens (tertiary/aromatic N) is 1. The lowest BCUT2D eigenvalue weighted by Crippen LogP contribution is -2.54. The number of benzene rings is 2. The second-order valence-electron chi connectivity index (χ2n) is 7.67. The molecule has 0 saturated heterocycles. The summed E-state index contributed by atoms with van der Waals surface area (Å²) in [5, 5.41) is 17.5. The lowest BCUT2D eigenvalue weighted by Gasteiger charge is -2.24. The van der Waals surface area contributed by atoms with E-state index in [2.05, 4.69) is 15.6 Å². The first-order valence-electron chi connectivity index (χ1n) is 9.84. The zero-order chi connectivity index (χ0) is 22.4. The van der Waals surface area contributed by atoms with E-state index in [0.717, 1.165) is 16.5 Å². The van der Waals surface area contributed by atoms with E-state index in [0.29, 0.717) is 18.5 Å². The summed E-state index contributed by atoms with van der Waals surface area (Å²) in [5.41, 5.74) is 1.50. The molecule has 3 aromatic rings. The summed E-state index contributed by atoms with van der Waals surface area (Å²) in [6.07, 6.45) is 5.31. The fraction of sp³-hybridized carbons (Fsp3) is 0.217. The first-order valence-corrected chi connectivity index (χ1v) is 9.84. The summed E-state index contributed by atoms with van der Waals surface area (Å²) in [5.74, 6) is -0.771. The third-order valence-corrected chi connectivity index (χ3v) is 4.87. The van der Waals surface area contributed by atoms with Crippen molar-refractivity contribution in [3.63, 3.8) is 0 Å². The number of nitro groups is 1. The normalized spacial score (nSPS) is 11.5. The minimum atomic E-state index is -1.12. The smallest absolute Gasteiger partial charge is 0.270 e. The molecule has 1 aromatic heterocycles. The Bertz CT molecular complexity index is 1150. The number of fused-ring (bicyclic) bond motifs is 1. The highest BCUT2D eigenvalue weighted by molar-refractivity contribution is 5.97. The molecule has 3 rings (SSSR count). The Balaban J connectivity index is 1.53. The third-order valence-electron chi connectivity index (χ3n) is 4.87. The van der Waals surface area contributed by atoms with E-state index in [1.807, 2.05) is 30.5 Å². The molecule has 0 saturated carbocycles. The van der Waals surface area contributed by atoms with E-state index in [1.54, 1.807) is 26.0 Å². The van der Waals surface area contributed by atoms with Crippen LogP contribution in [0.25, 0.3) is 17.0 Å². The summed E-state index contributed by atoms with van der Waals surface area (Å²) in [6, 6.07) is 13.9. The van der Waals surface area contributed by atoms with Crippen LogP contribution in [0.15, 0.2) is 60.8 Å². The Kier molecular flexibility index (Phi) is 6.49. The Morgan fingerprint density at radius 2 is 1.94 bits per heavy atom. The number of nitrogens with one attached hydrogen (secondary N) is 3. The van der Waals surface area contributed by atoms with Crippen molar-refractivity contribution in [2.75, 3.05) is 6.54 Å². The van der Waals surface area contributed by atoms with Gasteiger partial charge in [-0.15, -0.1) is 0 Å². The minimum absolute atomic E-state index is 0.0579. The van der Waals surface area contributed by atoms with Gasteiger partial charge in [0, 0.05) is 41.9 Å². The molecule has 31 heavy (non-hydrogen) atoms. The maximum atomic E-state index is 12.6. The summed E-state index contributed by atoms with van der Waals surface area (Å²) in [4.78, 5) is 38.3. The predicted molar refractivity (Wildman–Crippen MR) is 119 cm³/mol. The zero-order valence-electron chi connectivity index (χ0n) is 17.3. The maximum absolute atomic E-state index is 12.6. The van der Waals surface area contributed by atoms with Gasteiger partial charge in [-0.1, -0.05) is 30.3 Å². The van der Waals surface area contributed by atoms with Crippen LogP contribution in [-0.4, -0.2) is 33.8 Å². The largest absolute Gasteiger partial charge is 0.361 e. The van der Waals surface area contributed by atoms with E-state index in [4.69, 9.17) is 0 Å². The van der Waals surface area contributed by atoms with Gasteiger partial charge in [-0.25, -0.2) is 0 Å². The van der Waals surface area contributed by atoms with Crippen LogP contribution >= 0.6 is 0 Å². The highest BCUT2D eigenvalue weighted by Gasteiger charge is 2.28. The molecule has 8 heteroatoms. The van der Waals surface area contributed by atoms with E-state index < -0.39 is 16.4 Å². The molecule has 160 valence electrons. The number of rotatable bonds is 8. The topological polar surface area (TPSA) is 117 Å². The quantitative estimate of drug-likeness (QED) is 0.294. The van der Waals surface area contributed by atoms with Gasteiger partial charge in [-0.3, -0.25) is 19.7 Å². The molecule has 2 amide bonds. The molecule has 0 radical (unpaired) electrons. The van der Waals surface area contributed by atoms with Gasteiger partial charge >= 0.3 is 0 Å². The maximum Gasteiger partial charge on any atom is 0.270 e. The molecule has 0 bridgehead atoms. The van der Waals surface area contributed by atoms with Crippen molar-refractivity contribution >= 4 is 34.5 Å². The van der Waals surface area contributed by atoms with Crippen LogP contribution < -0.4 is 10.6 Å². The zero-order valence-corrected chi connectivity index (χ0v) is 17.3. The van der Waals surface area contributed by atoms with E-state index >= 15 is 0 Å². The molecule has 0 fully saturated rings. The van der Waals surface area contributed by atoms with E-state index in [1.165, 1.54) is 24.3 Å². The van der Waals surface area contributed by atoms with Crippen LogP contribution in [0.2, 0.25) is 0 Å². The molecule has 0 aliphatic rings. The summed E-state index contributed by atoms with van der Waals surface area (Å²) in [7, 11) is 0. The molecule has 8 nitrogen and oxygen atoms in total. The number of non-ortho nitro benzene ring substituents is 1. The fourth-order valence-corrected chi connectivity index (χ4v) is 3.19. The Labute approximate surface area is 179 Å². The highest BCUT2D eigenvalue weighted by atomic mass is 16.6. The molecule has 0 atom stereocenters. The van der Waals surface area contributed by atoms with Crippen LogP contribution in [0.5, 0.6) is 0 Å². The van der Waals surface area contributed by atoms with Crippen LogP contribution in [0.4, 0.5) is 5.69 Å². The average Bonchev–Trinajstić information content (AvgIpc) is 3.15. The molecular formula is C23H24N4O4. The fourth-order valence-electron chi connectivity index (χ4n) is 3.19. The van der Waals surface area contributed by atoms with Crippen LogP contribution in [0.1, 0.15) is 25.0 Å². The van der Waals surface area contributed by atoms with E-state index in [9.17, 15) is 19.7 Å². The van der Waals surface area contributed by atoms with Crippen molar-refractivity contribution in [1.29, 1.82) is 0 Å². The SMILES string of the molecule is CC(C)(NC(=O)/C=C/c1cccc([N+](=O)[O-])c1)C(=O)NCCc1c[nH]c2ccccc12. The Morgan fingerprint density at radius 3 is 2.71 bits per heavy atom. The third kappa shape index (κ3) is 5.57. The standard InChI is InChI=1S/C23H24N4O4/c1-23(2,26-21(28)11-10-16-6-5-7-18(14-16)27(30)31)22(29)24-13-12-17-15-25-20-9-4-3-8-19(17)20/h3-11,14-15,25H,12-13H2,1-2H3,(H,24,29)(H,26,28)/b11-10+. The number of amides is 2. The van der Waals surface area contributed by atoms with Gasteiger partial charge < -0.3 is 15.6 Å². The molecule has 2 aromatic carbocycles. The number of aromatic nitrogens is 1. The first kappa shape index (κ1) is 21.8. The van der Waals surface area contributed by atoms with Crippen molar-refractivity contribution in [2.24, 2.45) is 0 Å². The monoisotopic (exact) mass is 420 g/mol. The van der Waals surface area contributed by atoms with Gasteiger partial charge in [-0.2, -0.15) is 0 Å².